The van der Waals surface area contributed by atoms with E-state index in [1.54, 1.807) is 0 Å². The molecule has 0 atom stereocenters. The molecule has 0 bridgehead atoms. The van der Waals surface area contributed by atoms with Gasteiger partial charge in [0.2, 0.25) is 0 Å². The van der Waals surface area contributed by atoms with Crippen molar-refractivity contribution in [2.75, 3.05) is 4.72 Å². The fourth-order valence-electron chi connectivity index (χ4n) is 3.05. The predicted octanol–water partition coefficient (Wildman–Crippen LogP) is 3.05. The number of sulfonamides is 1. The van der Waals surface area contributed by atoms with Gasteiger partial charge in [0, 0.05) is 23.3 Å². The monoisotopic (exact) mass is 427 g/mol. The average molecular weight is 428 g/mol. The van der Waals surface area contributed by atoms with Crippen LogP contribution in [0.25, 0.3) is 0 Å². The lowest BCUT2D eigenvalue weighted by Crippen LogP contribution is -2.40. The summed E-state index contributed by atoms with van der Waals surface area (Å²) in [6.45, 7) is 0. The molecule has 152 valence electrons. The van der Waals surface area contributed by atoms with E-state index < -0.39 is 15.8 Å². The van der Waals surface area contributed by atoms with Crippen LogP contribution < -0.4 is 15.8 Å². The molecule has 0 saturated heterocycles. The minimum atomic E-state index is -3.82. The molecule has 4 N–H and O–H groups in total. The van der Waals surface area contributed by atoms with Gasteiger partial charge in [-0.2, -0.15) is 0 Å². The summed E-state index contributed by atoms with van der Waals surface area (Å²) in [6, 6.07) is 11.0. The van der Waals surface area contributed by atoms with Gasteiger partial charge in [-0.25, -0.2) is 12.8 Å². The van der Waals surface area contributed by atoms with Crippen LogP contribution in [-0.4, -0.2) is 26.4 Å². The summed E-state index contributed by atoms with van der Waals surface area (Å²) in [4.78, 5) is 12.4. The van der Waals surface area contributed by atoms with Crippen molar-refractivity contribution in [3.8, 4) is 0 Å². The van der Waals surface area contributed by atoms with Crippen LogP contribution in [0.1, 0.15) is 36.0 Å². The average Bonchev–Trinajstić information content (AvgIpc) is 2.65. The maximum atomic E-state index is 12.9. The molecule has 0 spiro atoms. The summed E-state index contributed by atoms with van der Waals surface area (Å²) in [5.41, 5.74) is 6.52. The van der Waals surface area contributed by atoms with Crippen molar-refractivity contribution in [2.45, 2.75) is 42.7 Å². The minimum absolute atomic E-state index is 0. The van der Waals surface area contributed by atoms with Gasteiger partial charge in [0.05, 0.1) is 4.90 Å². The van der Waals surface area contributed by atoms with Crippen LogP contribution in [-0.2, 0) is 10.0 Å². The summed E-state index contributed by atoms with van der Waals surface area (Å²) in [6.07, 6.45) is 3.47. The van der Waals surface area contributed by atoms with Gasteiger partial charge < -0.3 is 11.1 Å². The van der Waals surface area contributed by atoms with Crippen LogP contribution in [0.3, 0.4) is 0 Å². The van der Waals surface area contributed by atoms with Crippen molar-refractivity contribution in [3.63, 3.8) is 0 Å². The number of benzene rings is 2. The standard InChI is InChI=1S/C19H22FN3O3S.ClH/c20-14-3-7-17(8-4-14)23-27(25,26)18-11-1-13(2-12-18)19(24)22-16-9-5-15(21)6-10-16;/h1-4,7-8,11-12,15-16,23H,5-6,9-10,21H2,(H,22,24);1H. The van der Waals surface area contributed by atoms with Crippen molar-refractivity contribution < 1.29 is 17.6 Å². The molecule has 0 radical (unpaired) electrons. The number of rotatable bonds is 5. The Labute approximate surface area is 170 Å². The van der Waals surface area contributed by atoms with Crippen molar-refractivity contribution in [3.05, 3.63) is 59.9 Å². The highest BCUT2D eigenvalue weighted by Crippen LogP contribution is 2.19. The van der Waals surface area contributed by atoms with E-state index in [1.807, 2.05) is 0 Å². The fraction of sp³-hybridized carbons (Fsp3) is 0.316. The number of carbonyl (C=O) groups is 1. The zero-order valence-electron chi connectivity index (χ0n) is 15.1. The lowest BCUT2D eigenvalue weighted by Gasteiger charge is -2.26. The van der Waals surface area contributed by atoms with E-state index in [4.69, 9.17) is 5.73 Å². The molecule has 6 nitrogen and oxygen atoms in total. The molecule has 0 aromatic heterocycles. The Morgan fingerprint density at radius 1 is 0.964 bits per heavy atom. The molecule has 1 aliphatic rings. The number of nitrogens with two attached hydrogens (primary N) is 1. The second-order valence-corrected chi connectivity index (χ2v) is 8.40. The van der Waals surface area contributed by atoms with E-state index in [-0.39, 0.29) is 41.0 Å². The molecule has 0 unspecified atom stereocenters. The van der Waals surface area contributed by atoms with Crippen LogP contribution in [0.2, 0.25) is 0 Å². The van der Waals surface area contributed by atoms with Gasteiger partial charge in [-0.3, -0.25) is 9.52 Å². The van der Waals surface area contributed by atoms with Crippen molar-refractivity contribution in [1.29, 1.82) is 0 Å². The quantitative estimate of drug-likeness (QED) is 0.682. The van der Waals surface area contributed by atoms with E-state index >= 15 is 0 Å². The first-order valence-corrected chi connectivity index (χ1v) is 10.3. The molecule has 1 fully saturated rings. The minimum Gasteiger partial charge on any atom is -0.349 e. The normalized spacial score (nSPS) is 19.4. The molecule has 28 heavy (non-hydrogen) atoms. The van der Waals surface area contributed by atoms with Crippen LogP contribution in [0.5, 0.6) is 0 Å². The lowest BCUT2D eigenvalue weighted by molar-refractivity contribution is 0.0925. The number of nitrogens with one attached hydrogen (secondary N) is 2. The predicted molar refractivity (Wildman–Crippen MR) is 109 cm³/mol. The molecule has 1 amide bonds. The maximum absolute atomic E-state index is 12.9. The third-order valence-corrected chi connectivity index (χ3v) is 6.03. The highest BCUT2D eigenvalue weighted by Gasteiger charge is 2.21. The third-order valence-electron chi connectivity index (χ3n) is 4.63. The number of anilines is 1. The topological polar surface area (TPSA) is 101 Å². The van der Waals surface area contributed by atoms with Gasteiger partial charge in [-0.05, 0) is 74.2 Å². The van der Waals surface area contributed by atoms with E-state index in [0.717, 1.165) is 25.7 Å². The number of halogens is 2. The van der Waals surface area contributed by atoms with Gasteiger partial charge in [0.1, 0.15) is 5.82 Å². The highest BCUT2D eigenvalue weighted by atomic mass is 35.5. The Morgan fingerprint density at radius 2 is 1.54 bits per heavy atom. The van der Waals surface area contributed by atoms with Crippen molar-refractivity contribution >= 4 is 34.0 Å². The first-order chi connectivity index (χ1) is 12.8. The number of hydrogen-bond acceptors (Lipinski definition) is 4. The van der Waals surface area contributed by atoms with Crippen LogP contribution >= 0.6 is 12.4 Å². The summed E-state index contributed by atoms with van der Waals surface area (Å²) < 4.78 is 40.1. The first-order valence-electron chi connectivity index (χ1n) is 8.78. The molecular formula is C19H23ClFN3O3S. The molecule has 0 aliphatic heterocycles. The zero-order chi connectivity index (χ0) is 19.4. The Kier molecular flexibility index (Phi) is 7.40. The Bertz CT molecular complexity index is 897. The van der Waals surface area contributed by atoms with Crippen LogP contribution in [0.15, 0.2) is 53.4 Å². The van der Waals surface area contributed by atoms with Gasteiger partial charge in [0.15, 0.2) is 0 Å². The number of carbonyl (C=O) groups excluding carboxylic acids is 1. The Morgan fingerprint density at radius 3 is 2.11 bits per heavy atom. The molecule has 1 aliphatic carbocycles. The van der Waals surface area contributed by atoms with E-state index in [0.29, 0.717) is 5.56 Å². The fourth-order valence-corrected chi connectivity index (χ4v) is 4.11. The van der Waals surface area contributed by atoms with Gasteiger partial charge in [0.25, 0.3) is 15.9 Å². The molecule has 3 rings (SSSR count). The van der Waals surface area contributed by atoms with Crippen LogP contribution in [0.4, 0.5) is 10.1 Å². The summed E-state index contributed by atoms with van der Waals surface area (Å²) in [5, 5.41) is 2.96. The van der Waals surface area contributed by atoms with E-state index in [2.05, 4.69) is 10.0 Å². The smallest absolute Gasteiger partial charge is 0.261 e. The van der Waals surface area contributed by atoms with Gasteiger partial charge >= 0.3 is 0 Å². The molecule has 2 aromatic rings. The number of amides is 1. The van der Waals surface area contributed by atoms with Crippen molar-refractivity contribution in [2.24, 2.45) is 5.73 Å². The molecule has 0 heterocycles. The Hall–Kier alpha value is -2.16. The second-order valence-electron chi connectivity index (χ2n) is 6.72. The second kappa shape index (κ2) is 9.36. The maximum Gasteiger partial charge on any atom is 0.261 e. The molecular weight excluding hydrogens is 405 g/mol. The summed E-state index contributed by atoms with van der Waals surface area (Å²) in [7, 11) is -3.82. The molecule has 9 heteroatoms. The first kappa shape index (κ1) is 22.1. The summed E-state index contributed by atoms with van der Waals surface area (Å²) >= 11 is 0. The Balaban J connectivity index is 0.00000280. The van der Waals surface area contributed by atoms with Gasteiger partial charge in [-0.15, -0.1) is 12.4 Å². The third kappa shape index (κ3) is 5.67. The van der Waals surface area contributed by atoms with E-state index in [1.165, 1.54) is 48.5 Å². The zero-order valence-corrected chi connectivity index (χ0v) is 16.7. The molecule has 1 saturated carbocycles. The van der Waals surface area contributed by atoms with E-state index in [9.17, 15) is 17.6 Å². The van der Waals surface area contributed by atoms with Crippen molar-refractivity contribution in [1.82, 2.24) is 5.32 Å². The SMILES string of the molecule is Cl.NC1CCC(NC(=O)c2ccc(S(=O)(=O)Nc3ccc(F)cc3)cc2)CC1. The lowest BCUT2D eigenvalue weighted by atomic mass is 9.91. The van der Waals surface area contributed by atoms with Gasteiger partial charge in [-0.1, -0.05) is 0 Å². The summed E-state index contributed by atoms with van der Waals surface area (Å²) in [5.74, 6) is -0.681. The molecule has 2 aromatic carbocycles. The number of hydrogen-bond donors (Lipinski definition) is 3. The highest BCUT2D eigenvalue weighted by molar-refractivity contribution is 7.92. The van der Waals surface area contributed by atoms with Crippen LogP contribution in [0, 0.1) is 5.82 Å². The largest absolute Gasteiger partial charge is 0.349 e.